The van der Waals surface area contributed by atoms with Crippen molar-refractivity contribution in [3.63, 3.8) is 0 Å². The van der Waals surface area contributed by atoms with Crippen LogP contribution in [0.1, 0.15) is 32.1 Å². The third-order valence-electron chi connectivity index (χ3n) is 3.66. The molecule has 1 saturated carbocycles. The number of phenols is 1. The average molecular weight is 235 g/mol. The van der Waals surface area contributed by atoms with E-state index in [2.05, 4.69) is 5.32 Å². The lowest BCUT2D eigenvalue weighted by Gasteiger charge is -2.40. The van der Waals surface area contributed by atoms with Crippen LogP contribution in [0.15, 0.2) is 23.1 Å². The highest BCUT2D eigenvalue weighted by Crippen LogP contribution is 2.49. The fourth-order valence-electron chi connectivity index (χ4n) is 2.74. The van der Waals surface area contributed by atoms with Gasteiger partial charge in [0, 0.05) is 21.9 Å². The van der Waals surface area contributed by atoms with E-state index in [0.717, 1.165) is 6.54 Å². The lowest BCUT2D eigenvalue weighted by molar-refractivity contribution is 0.408. The predicted octanol–water partition coefficient (Wildman–Crippen LogP) is 3.61. The molecule has 1 heterocycles. The minimum absolute atomic E-state index is 0.376. The van der Waals surface area contributed by atoms with E-state index in [1.54, 1.807) is 6.07 Å². The van der Waals surface area contributed by atoms with Gasteiger partial charge in [0.05, 0.1) is 0 Å². The van der Waals surface area contributed by atoms with E-state index >= 15 is 0 Å². The second-order valence-electron chi connectivity index (χ2n) is 4.88. The minimum Gasteiger partial charge on any atom is -0.508 e. The molecule has 0 bridgehead atoms. The summed E-state index contributed by atoms with van der Waals surface area (Å²) >= 11 is 1.97. The van der Waals surface area contributed by atoms with Crippen molar-refractivity contribution in [3.05, 3.63) is 18.2 Å². The quantitative estimate of drug-likeness (QED) is 0.674. The molecule has 1 aliphatic heterocycles. The summed E-state index contributed by atoms with van der Waals surface area (Å²) in [6.07, 6.45) is 6.69. The minimum atomic E-state index is 0.376. The zero-order valence-corrected chi connectivity index (χ0v) is 10.1. The van der Waals surface area contributed by atoms with Gasteiger partial charge < -0.3 is 10.4 Å². The summed E-state index contributed by atoms with van der Waals surface area (Å²) in [5, 5.41) is 13.1. The van der Waals surface area contributed by atoms with Gasteiger partial charge in [0.2, 0.25) is 0 Å². The Bertz CT molecular complexity index is 399. The van der Waals surface area contributed by atoms with Gasteiger partial charge in [0.15, 0.2) is 0 Å². The molecule has 2 N–H and O–H groups in total. The molecule has 0 saturated heterocycles. The molecular weight excluding hydrogens is 218 g/mol. The fraction of sp³-hybridized carbons (Fsp3) is 0.538. The van der Waals surface area contributed by atoms with Gasteiger partial charge in [0.1, 0.15) is 5.75 Å². The maximum Gasteiger partial charge on any atom is 0.116 e. The number of hydrogen-bond acceptors (Lipinski definition) is 3. The third-order valence-corrected chi connectivity index (χ3v) is 5.20. The van der Waals surface area contributed by atoms with Crippen LogP contribution in [0.25, 0.3) is 0 Å². The Morgan fingerprint density at radius 3 is 2.81 bits per heavy atom. The van der Waals surface area contributed by atoms with E-state index < -0.39 is 0 Å². The Morgan fingerprint density at radius 1 is 1.19 bits per heavy atom. The van der Waals surface area contributed by atoms with Gasteiger partial charge in [-0.1, -0.05) is 19.3 Å². The van der Waals surface area contributed by atoms with Crippen LogP contribution in [0.4, 0.5) is 5.69 Å². The predicted molar refractivity (Wildman–Crippen MR) is 68.3 cm³/mol. The molecule has 1 fully saturated rings. The highest BCUT2D eigenvalue weighted by molar-refractivity contribution is 8.01. The van der Waals surface area contributed by atoms with Crippen molar-refractivity contribution in [2.75, 3.05) is 11.9 Å². The van der Waals surface area contributed by atoms with Crippen molar-refractivity contribution >= 4 is 17.4 Å². The van der Waals surface area contributed by atoms with E-state index in [1.165, 1.54) is 42.7 Å². The molecule has 0 atom stereocenters. The first-order chi connectivity index (χ1) is 7.77. The van der Waals surface area contributed by atoms with E-state index in [4.69, 9.17) is 0 Å². The molecule has 1 aliphatic carbocycles. The highest BCUT2D eigenvalue weighted by Gasteiger charge is 2.36. The molecule has 86 valence electrons. The molecule has 3 rings (SSSR count). The first kappa shape index (κ1) is 10.3. The zero-order valence-electron chi connectivity index (χ0n) is 9.33. The molecular formula is C13H17NOS. The molecule has 0 amide bonds. The fourth-order valence-corrected chi connectivity index (χ4v) is 4.28. The van der Waals surface area contributed by atoms with Gasteiger partial charge in [0.25, 0.3) is 0 Å². The average Bonchev–Trinajstić information content (AvgIpc) is 2.29. The van der Waals surface area contributed by atoms with Crippen LogP contribution >= 0.6 is 11.8 Å². The number of thioether (sulfide) groups is 1. The van der Waals surface area contributed by atoms with E-state index in [1.807, 2.05) is 23.9 Å². The van der Waals surface area contributed by atoms with E-state index in [-0.39, 0.29) is 0 Å². The summed E-state index contributed by atoms with van der Waals surface area (Å²) in [5.74, 6) is 0.376. The second kappa shape index (κ2) is 3.88. The van der Waals surface area contributed by atoms with Crippen LogP contribution < -0.4 is 5.32 Å². The first-order valence-electron chi connectivity index (χ1n) is 6.03. The maximum atomic E-state index is 9.53. The van der Waals surface area contributed by atoms with Crippen LogP contribution in [0.2, 0.25) is 0 Å². The Morgan fingerprint density at radius 2 is 2.00 bits per heavy atom. The van der Waals surface area contributed by atoms with Crippen LogP contribution in [-0.4, -0.2) is 16.4 Å². The lowest BCUT2D eigenvalue weighted by Crippen LogP contribution is -2.38. The van der Waals surface area contributed by atoms with Crippen LogP contribution in [0, 0.1) is 0 Å². The topological polar surface area (TPSA) is 32.3 Å². The summed E-state index contributed by atoms with van der Waals surface area (Å²) in [4.78, 5) is 1.22. The molecule has 1 aromatic rings. The number of hydrogen-bond donors (Lipinski definition) is 2. The van der Waals surface area contributed by atoms with Crippen molar-refractivity contribution in [2.45, 2.75) is 41.7 Å². The van der Waals surface area contributed by atoms with Gasteiger partial charge in [-0.15, -0.1) is 11.8 Å². The first-order valence-corrected chi connectivity index (χ1v) is 6.85. The van der Waals surface area contributed by atoms with Crippen molar-refractivity contribution in [1.82, 2.24) is 0 Å². The Balaban J connectivity index is 1.89. The normalized spacial score (nSPS) is 22.5. The van der Waals surface area contributed by atoms with E-state index in [9.17, 15) is 5.11 Å². The summed E-state index contributed by atoms with van der Waals surface area (Å²) in [7, 11) is 0. The number of phenolic OH excluding ortho intramolecular Hbond substituents is 1. The molecule has 2 nitrogen and oxygen atoms in total. The van der Waals surface area contributed by atoms with Crippen molar-refractivity contribution < 1.29 is 5.11 Å². The van der Waals surface area contributed by atoms with Gasteiger partial charge in [-0.3, -0.25) is 0 Å². The standard InChI is InChI=1S/C13H17NOS/c15-10-4-5-11-12(8-10)16-13(9-14-11)6-2-1-3-7-13/h4-5,8,14-15H,1-3,6-7,9H2. The molecule has 3 heteroatoms. The van der Waals surface area contributed by atoms with Crippen molar-refractivity contribution in [1.29, 1.82) is 0 Å². The summed E-state index contributed by atoms with van der Waals surface area (Å²) < 4.78 is 0.388. The molecule has 16 heavy (non-hydrogen) atoms. The zero-order chi connectivity index (χ0) is 11.0. The van der Waals surface area contributed by atoms with Crippen molar-refractivity contribution in [3.8, 4) is 5.75 Å². The maximum absolute atomic E-state index is 9.53. The van der Waals surface area contributed by atoms with Crippen LogP contribution in [0.3, 0.4) is 0 Å². The molecule has 0 aromatic heterocycles. The highest BCUT2D eigenvalue weighted by atomic mass is 32.2. The van der Waals surface area contributed by atoms with Crippen LogP contribution in [0.5, 0.6) is 5.75 Å². The molecule has 0 unspecified atom stereocenters. The van der Waals surface area contributed by atoms with Gasteiger partial charge in [-0.2, -0.15) is 0 Å². The summed E-state index contributed by atoms with van der Waals surface area (Å²) in [6.45, 7) is 1.08. The lowest BCUT2D eigenvalue weighted by atomic mass is 9.88. The monoisotopic (exact) mass is 235 g/mol. The number of nitrogens with one attached hydrogen (secondary N) is 1. The van der Waals surface area contributed by atoms with E-state index in [0.29, 0.717) is 10.5 Å². The third kappa shape index (κ3) is 1.77. The number of benzene rings is 1. The molecule has 1 spiro atoms. The number of fused-ring (bicyclic) bond motifs is 1. The largest absolute Gasteiger partial charge is 0.508 e. The Kier molecular flexibility index (Phi) is 2.51. The number of anilines is 1. The van der Waals surface area contributed by atoms with Crippen molar-refractivity contribution in [2.24, 2.45) is 0 Å². The Hall–Kier alpha value is -0.830. The van der Waals surface area contributed by atoms with Gasteiger partial charge in [-0.25, -0.2) is 0 Å². The smallest absolute Gasteiger partial charge is 0.116 e. The van der Waals surface area contributed by atoms with Gasteiger partial charge in [-0.05, 0) is 31.0 Å². The van der Waals surface area contributed by atoms with Gasteiger partial charge >= 0.3 is 0 Å². The molecule has 0 radical (unpaired) electrons. The number of rotatable bonds is 0. The summed E-state index contributed by atoms with van der Waals surface area (Å²) in [5.41, 5.74) is 1.18. The van der Waals surface area contributed by atoms with Crippen LogP contribution in [-0.2, 0) is 0 Å². The molecule has 2 aliphatic rings. The molecule has 1 aromatic carbocycles. The second-order valence-corrected chi connectivity index (χ2v) is 6.39. The Labute approximate surface area is 100 Å². The SMILES string of the molecule is Oc1ccc2c(c1)SC1(CCCCC1)CN2. The summed E-state index contributed by atoms with van der Waals surface area (Å²) in [6, 6.07) is 5.63. The number of aromatic hydroxyl groups is 1.